The standard InChI is InChI=1S/C19H42N4/c1-3-4-5-11-21-12-8-9-14-23-17-19-15-18(19)16-22-13-7-6-10-20-2/h18-23H,3-17H2,1-2H3. The summed E-state index contributed by atoms with van der Waals surface area (Å²) < 4.78 is 0. The molecule has 0 saturated heterocycles. The molecule has 4 nitrogen and oxygen atoms in total. The van der Waals surface area contributed by atoms with E-state index in [-0.39, 0.29) is 0 Å². The van der Waals surface area contributed by atoms with Gasteiger partial charge in [-0.15, -0.1) is 0 Å². The minimum Gasteiger partial charge on any atom is -0.320 e. The zero-order chi connectivity index (χ0) is 16.6. The Hall–Kier alpha value is -0.160. The van der Waals surface area contributed by atoms with Crippen LogP contribution < -0.4 is 21.3 Å². The van der Waals surface area contributed by atoms with E-state index in [1.54, 1.807) is 0 Å². The second-order valence-electron chi connectivity index (χ2n) is 7.14. The second-order valence-corrected chi connectivity index (χ2v) is 7.14. The molecule has 0 heterocycles. The first kappa shape index (κ1) is 20.9. The monoisotopic (exact) mass is 326 g/mol. The van der Waals surface area contributed by atoms with Gasteiger partial charge in [-0.2, -0.15) is 0 Å². The van der Waals surface area contributed by atoms with Crippen molar-refractivity contribution >= 4 is 0 Å². The minimum atomic E-state index is 0.937. The number of nitrogens with one attached hydrogen (secondary N) is 4. The molecule has 1 rings (SSSR count). The van der Waals surface area contributed by atoms with Crippen molar-refractivity contribution in [3.63, 3.8) is 0 Å². The normalized spacial score (nSPS) is 20.1. The molecular formula is C19H42N4. The maximum atomic E-state index is 3.64. The molecular weight excluding hydrogens is 284 g/mol. The predicted octanol–water partition coefficient (Wildman–Crippen LogP) is 2.36. The molecule has 0 aromatic heterocycles. The van der Waals surface area contributed by atoms with Crippen molar-refractivity contribution in [1.82, 2.24) is 21.3 Å². The zero-order valence-corrected chi connectivity index (χ0v) is 15.8. The Kier molecular flexibility index (Phi) is 14.0. The van der Waals surface area contributed by atoms with E-state index in [0.29, 0.717) is 0 Å². The van der Waals surface area contributed by atoms with Gasteiger partial charge in [0, 0.05) is 0 Å². The van der Waals surface area contributed by atoms with E-state index >= 15 is 0 Å². The van der Waals surface area contributed by atoms with Crippen LogP contribution in [-0.4, -0.2) is 52.9 Å². The van der Waals surface area contributed by atoms with Crippen LogP contribution in [0.2, 0.25) is 0 Å². The summed E-state index contributed by atoms with van der Waals surface area (Å²) in [6.45, 7) is 10.6. The molecule has 138 valence electrons. The summed E-state index contributed by atoms with van der Waals surface area (Å²) in [6, 6.07) is 0. The third kappa shape index (κ3) is 12.9. The van der Waals surface area contributed by atoms with E-state index in [0.717, 1.165) is 18.4 Å². The van der Waals surface area contributed by atoms with Crippen LogP contribution in [0.1, 0.15) is 58.3 Å². The highest BCUT2D eigenvalue weighted by Gasteiger charge is 2.35. The van der Waals surface area contributed by atoms with E-state index in [1.807, 2.05) is 7.05 Å². The van der Waals surface area contributed by atoms with E-state index in [9.17, 15) is 0 Å². The first-order valence-corrected chi connectivity index (χ1v) is 10.1. The summed E-state index contributed by atoms with van der Waals surface area (Å²) in [5.74, 6) is 1.87. The largest absolute Gasteiger partial charge is 0.320 e. The van der Waals surface area contributed by atoms with Gasteiger partial charge in [-0.3, -0.25) is 0 Å². The van der Waals surface area contributed by atoms with Crippen molar-refractivity contribution in [3.8, 4) is 0 Å². The molecule has 1 fully saturated rings. The molecule has 0 aliphatic heterocycles. The summed E-state index contributed by atoms with van der Waals surface area (Å²) in [6.07, 6.45) is 10.6. The van der Waals surface area contributed by atoms with E-state index in [4.69, 9.17) is 0 Å². The number of hydrogen-bond acceptors (Lipinski definition) is 4. The van der Waals surface area contributed by atoms with Crippen LogP contribution in [0.4, 0.5) is 0 Å². The summed E-state index contributed by atoms with van der Waals surface area (Å²) in [4.78, 5) is 0. The smallest absolute Gasteiger partial charge is 0.00173 e. The van der Waals surface area contributed by atoms with Crippen molar-refractivity contribution in [3.05, 3.63) is 0 Å². The molecule has 4 N–H and O–H groups in total. The molecule has 0 aromatic rings. The van der Waals surface area contributed by atoms with Crippen LogP contribution in [0.15, 0.2) is 0 Å². The first-order chi connectivity index (χ1) is 11.4. The topological polar surface area (TPSA) is 48.1 Å². The van der Waals surface area contributed by atoms with E-state index < -0.39 is 0 Å². The maximum Gasteiger partial charge on any atom is -0.00173 e. The van der Waals surface area contributed by atoms with Crippen molar-refractivity contribution in [1.29, 1.82) is 0 Å². The van der Waals surface area contributed by atoms with Crippen molar-refractivity contribution in [2.45, 2.75) is 58.3 Å². The predicted molar refractivity (Wildman–Crippen MR) is 102 cm³/mol. The molecule has 1 saturated carbocycles. The lowest BCUT2D eigenvalue weighted by molar-refractivity contribution is 0.529. The van der Waals surface area contributed by atoms with Gasteiger partial charge in [0.1, 0.15) is 0 Å². The molecule has 23 heavy (non-hydrogen) atoms. The highest BCUT2D eigenvalue weighted by molar-refractivity contribution is 4.89. The van der Waals surface area contributed by atoms with Gasteiger partial charge in [-0.1, -0.05) is 19.8 Å². The maximum absolute atomic E-state index is 3.64. The molecule has 2 unspecified atom stereocenters. The molecule has 0 amide bonds. The molecule has 0 bridgehead atoms. The Labute approximate surface area is 145 Å². The lowest BCUT2D eigenvalue weighted by Crippen LogP contribution is -2.23. The van der Waals surface area contributed by atoms with Crippen LogP contribution in [0, 0.1) is 11.8 Å². The molecule has 1 aliphatic rings. The van der Waals surface area contributed by atoms with Gasteiger partial charge in [0.05, 0.1) is 0 Å². The van der Waals surface area contributed by atoms with Gasteiger partial charge in [0.2, 0.25) is 0 Å². The molecule has 4 heteroatoms. The first-order valence-electron chi connectivity index (χ1n) is 10.1. The number of unbranched alkanes of at least 4 members (excludes halogenated alkanes) is 4. The third-order valence-electron chi connectivity index (χ3n) is 4.83. The molecule has 1 aliphatic carbocycles. The summed E-state index contributed by atoms with van der Waals surface area (Å²) in [7, 11) is 2.03. The second kappa shape index (κ2) is 15.4. The fourth-order valence-corrected chi connectivity index (χ4v) is 3.06. The van der Waals surface area contributed by atoms with Gasteiger partial charge in [0.15, 0.2) is 0 Å². The molecule has 0 radical (unpaired) electrons. The van der Waals surface area contributed by atoms with Gasteiger partial charge >= 0.3 is 0 Å². The van der Waals surface area contributed by atoms with Gasteiger partial charge in [-0.25, -0.2) is 0 Å². The SMILES string of the molecule is CCCCCNCCCCNCC1CC1CNCCCCNC. The fraction of sp³-hybridized carbons (Fsp3) is 1.00. The van der Waals surface area contributed by atoms with E-state index in [2.05, 4.69) is 28.2 Å². The Morgan fingerprint density at radius 3 is 1.65 bits per heavy atom. The number of rotatable bonds is 18. The fourth-order valence-electron chi connectivity index (χ4n) is 3.06. The lowest BCUT2D eigenvalue weighted by atomic mass is 10.2. The Morgan fingerprint density at radius 1 is 0.652 bits per heavy atom. The Morgan fingerprint density at radius 2 is 1.13 bits per heavy atom. The zero-order valence-electron chi connectivity index (χ0n) is 15.8. The van der Waals surface area contributed by atoms with Crippen LogP contribution in [0.3, 0.4) is 0 Å². The minimum absolute atomic E-state index is 0.937. The van der Waals surface area contributed by atoms with Crippen molar-refractivity contribution in [2.24, 2.45) is 11.8 Å². The van der Waals surface area contributed by atoms with E-state index in [1.165, 1.54) is 90.6 Å². The summed E-state index contributed by atoms with van der Waals surface area (Å²) in [5.41, 5.74) is 0. The Bertz CT molecular complexity index is 248. The lowest BCUT2D eigenvalue weighted by Gasteiger charge is -2.07. The van der Waals surface area contributed by atoms with Crippen LogP contribution in [0.25, 0.3) is 0 Å². The van der Waals surface area contributed by atoms with Crippen molar-refractivity contribution < 1.29 is 0 Å². The summed E-state index contributed by atoms with van der Waals surface area (Å²) >= 11 is 0. The van der Waals surface area contributed by atoms with Gasteiger partial charge in [0.25, 0.3) is 0 Å². The molecule has 0 aromatic carbocycles. The average Bonchev–Trinajstić information content (AvgIpc) is 3.31. The quantitative estimate of drug-likeness (QED) is 0.292. The average molecular weight is 327 g/mol. The number of hydrogen-bond donors (Lipinski definition) is 4. The van der Waals surface area contributed by atoms with Gasteiger partial charge < -0.3 is 21.3 Å². The highest BCUT2D eigenvalue weighted by atomic mass is 14.9. The van der Waals surface area contributed by atoms with Crippen LogP contribution >= 0.6 is 0 Å². The highest BCUT2D eigenvalue weighted by Crippen LogP contribution is 2.36. The summed E-state index contributed by atoms with van der Waals surface area (Å²) in [5, 5.41) is 14.0. The van der Waals surface area contributed by atoms with Crippen molar-refractivity contribution in [2.75, 3.05) is 52.9 Å². The molecule has 0 spiro atoms. The molecule has 2 atom stereocenters. The Balaban J connectivity index is 1.72. The van der Waals surface area contributed by atoms with Crippen LogP contribution in [-0.2, 0) is 0 Å². The van der Waals surface area contributed by atoms with Gasteiger partial charge in [-0.05, 0) is 103 Å². The third-order valence-corrected chi connectivity index (χ3v) is 4.83. The van der Waals surface area contributed by atoms with Crippen LogP contribution in [0.5, 0.6) is 0 Å².